The summed E-state index contributed by atoms with van der Waals surface area (Å²) < 4.78 is 0.908. The van der Waals surface area contributed by atoms with Crippen molar-refractivity contribution in [2.75, 3.05) is 5.32 Å². The molecule has 2 aliphatic heterocycles. The van der Waals surface area contributed by atoms with Crippen LogP contribution in [-0.4, -0.2) is 11.6 Å². The number of allylic oxidation sites excluding steroid dienone is 4. The highest BCUT2D eigenvalue weighted by Gasteiger charge is 2.19. The lowest BCUT2D eigenvalue weighted by Crippen LogP contribution is -2.35. The zero-order chi connectivity index (χ0) is 14.1. The highest BCUT2D eigenvalue weighted by molar-refractivity contribution is 9.10. The van der Waals surface area contributed by atoms with Crippen LogP contribution in [-0.2, 0) is 4.79 Å². The highest BCUT2D eigenvalue weighted by Crippen LogP contribution is 2.31. The van der Waals surface area contributed by atoms with Crippen LogP contribution in [0.2, 0.25) is 0 Å². The molecule has 1 amide bonds. The topological polar surface area (TPSA) is 65.5 Å². The molecular weight excluding hydrogens is 320 g/mol. The van der Waals surface area contributed by atoms with Crippen LogP contribution in [0, 0.1) is 0 Å². The summed E-state index contributed by atoms with van der Waals surface area (Å²) in [6, 6.07) is 5.63. The fourth-order valence-corrected chi connectivity index (χ4v) is 2.38. The largest absolute Gasteiger partial charge is 0.324 e. The van der Waals surface area contributed by atoms with Gasteiger partial charge in [-0.25, -0.2) is 4.99 Å². The van der Waals surface area contributed by atoms with Crippen molar-refractivity contribution >= 4 is 38.9 Å². The number of amides is 1. The maximum Gasteiger partial charge on any atom is 0.230 e. The Kier molecular flexibility index (Phi) is 3.31. The molecule has 0 bridgehead atoms. The molecule has 1 aromatic carbocycles. The van der Waals surface area contributed by atoms with Crippen molar-refractivity contribution in [2.24, 2.45) is 4.99 Å². The van der Waals surface area contributed by atoms with Crippen LogP contribution in [0.5, 0.6) is 0 Å². The molecule has 0 saturated heterocycles. The number of hydrogen-bond acceptors (Lipinski definition) is 4. The van der Waals surface area contributed by atoms with E-state index in [1.54, 1.807) is 0 Å². The lowest BCUT2D eigenvalue weighted by molar-refractivity contribution is -0.115. The number of nitrogens with one attached hydrogen (secondary N) is 3. The van der Waals surface area contributed by atoms with E-state index in [-0.39, 0.29) is 12.3 Å². The average Bonchev–Trinajstić information content (AvgIpc) is 2.57. The van der Waals surface area contributed by atoms with Crippen molar-refractivity contribution in [1.29, 1.82) is 0 Å². The number of aliphatic imine (C=N–C) groups is 1. The van der Waals surface area contributed by atoms with E-state index >= 15 is 0 Å². The Labute approximate surface area is 125 Å². The Morgan fingerprint density at radius 2 is 2.10 bits per heavy atom. The van der Waals surface area contributed by atoms with Crippen molar-refractivity contribution in [1.82, 2.24) is 10.9 Å². The van der Waals surface area contributed by atoms with Crippen LogP contribution in [0.25, 0.3) is 0 Å². The van der Waals surface area contributed by atoms with Gasteiger partial charge in [0, 0.05) is 10.2 Å². The molecule has 5 nitrogen and oxygen atoms in total. The third kappa shape index (κ3) is 2.60. The van der Waals surface area contributed by atoms with E-state index in [9.17, 15) is 4.79 Å². The summed E-state index contributed by atoms with van der Waals surface area (Å²) >= 11 is 3.39. The first-order valence-corrected chi connectivity index (χ1v) is 6.99. The van der Waals surface area contributed by atoms with E-state index in [1.807, 2.05) is 37.3 Å². The van der Waals surface area contributed by atoms with Gasteiger partial charge in [0.05, 0.1) is 29.2 Å². The number of benzene rings is 1. The van der Waals surface area contributed by atoms with E-state index in [0.717, 1.165) is 27.2 Å². The average molecular weight is 333 g/mol. The number of hydrazine groups is 1. The van der Waals surface area contributed by atoms with Crippen LogP contribution in [0.3, 0.4) is 0 Å². The van der Waals surface area contributed by atoms with Crippen LogP contribution in [0.4, 0.5) is 11.4 Å². The predicted molar refractivity (Wildman–Crippen MR) is 82.6 cm³/mol. The summed E-state index contributed by atoms with van der Waals surface area (Å²) in [5.41, 5.74) is 10.1. The normalized spacial score (nSPS) is 17.5. The van der Waals surface area contributed by atoms with E-state index in [2.05, 4.69) is 37.1 Å². The summed E-state index contributed by atoms with van der Waals surface area (Å²) in [6.45, 7) is 1.95. The summed E-state index contributed by atoms with van der Waals surface area (Å²) in [5.74, 6) is -0.0745. The van der Waals surface area contributed by atoms with Crippen LogP contribution in [0.1, 0.15) is 13.3 Å². The van der Waals surface area contributed by atoms with Crippen molar-refractivity contribution in [3.63, 3.8) is 0 Å². The minimum Gasteiger partial charge on any atom is -0.324 e. The van der Waals surface area contributed by atoms with Crippen LogP contribution < -0.4 is 16.2 Å². The summed E-state index contributed by atoms with van der Waals surface area (Å²) in [6.07, 6.45) is 4.10. The van der Waals surface area contributed by atoms with Gasteiger partial charge in [0.15, 0.2) is 0 Å². The fourth-order valence-electron chi connectivity index (χ4n) is 2.02. The quantitative estimate of drug-likeness (QED) is 0.740. The van der Waals surface area contributed by atoms with Crippen molar-refractivity contribution in [2.45, 2.75) is 13.3 Å². The number of hydrogen-bond donors (Lipinski definition) is 3. The van der Waals surface area contributed by atoms with E-state index in [1.165, 1.54) is 0 Å². The lowest BCUT2D eigenvalue weighted by Gasteiger charge is -2.17. The van der Waals surface area contributed by atoms with Crippen molar-refractivity contribution < 1.29 is 4.79 Å². The van der Waals surface area contributed by atoms with Gasteiger partial charge >= 0.3 is 0 Å². The second-order valence-electron chi connectivity index (χ2n) is 4.62. The first kappa shape index (κ1) is 12.9. The second-order valence-corrected chi connectivity index (χ2v) is 5.54. The van der Waals surface area contributed by atoms with E-state index in [4.69, 9.17) is 0 Å². The SMILES string of the molecule is CC1=CC=C(C2=Nc3ccc(Br)cc3NC(=O)C2)NN1. The molecule has 1 aromatic rings. The van der Waals surface area contributed by atoms with Gasteiger partial charge in [-0.3, -0.25) is 10.2 Å². The number of carbonyl (C=O) groups is 1. The van der Waals surface area contributed by atoms with Crippen LogP contribution in [0.15, 0.2) is 51.2 Å². The van der Waals surface area contributed by atoms with Gasteiger partial charge in [-0.1, -0.05) is 15.9 Å². The molecule has 0 unspecified atom stereocenters. The summed E-state index contributed by atoms with van der Waals surface area (Å²) in [4.78, 5) is 16.6. The zero-order valence-electron chi connectivity index (χ0n) is 10.8. The van der Waals surface area contributed by atoms with Gasteiger partial charge < -0.3 is 10.7 Å². The molecule has 6 heteroatoms. The number of carbonyl (C=O) groups excluding carboxylic acids is 1. The minimum absolute atomic E-state index is 0.0745. The molecular formula is C14H13BrN4O. The standard InChI is InChI=1S/C14H13BrN4O/c1-8-2-4-11(19-18-8)13-7-14(20)17-12-6-9(15)3-5-10(12)16-13/h2-6,18-19H,7H2,1H3,(H,17,20). The molecule has 102 valence electrons. The smallest absolute Gasteiger partial charge is 0.230 e. The molecule has 0 atom stereocenters. The molecule has 0 aromatic heterocycles. The zero-order valence-corrected chi connectivity index (χ0v) is 12.4. The lowest BCUT2D eigenvalue weighted by atomic mass is 10.1. The molecule has 0 fully saturated rings. The number of anilines is 1. The fraction of sp³-hybridized carbons (Fsp3) is 0.143. The number of nitrogens with zero attached hydrogens (tertiary/aromatic N) is 1. The Morgan fingerprint density at radius 1 is 1.25 bits per heavy atom. The number of halogens is 1. The third-order valence-electron chi connectivity index (χ3n) is 3.02. The summed E-state index contributed by atoms with van der Waals surface area (Å²) in [5, 5.41) is 2.87. The molecule has 0 aliphatic carbocycles. The van der Waals surface area contributed by atoms with Gasteiger partial charge in [-0.2, -0.15) is 0 Å². The Morgan fingerprint density at radius 3 is 2.85 bits per heavy atom. The van der Waals surface area contributed by atoms with Gasteiger partial charge in [0.2, 0.25) is 5.91 Å². The monoisotopic (exact) mass is 332 g/mol. The van der Waals surface area contributed by atoms with Crippen molar-refractivity contribution in [3.05, 3.63) is 46.2 Å². The maximum atomic E-state index is 12.0. The van der Waals surface area contributed by atoms with Gasteiger partial charge in [0.1, 0.15) is 0 Å². The first-order valence-electron chi connectivity index (χ1n) is 6.20. The van der Waals surface area contributed by atoms with Gasteiger partial charge in [-0.15, -0.1) is 0 Å². The number of fused-ring (bicyclic) bond motifs is 1. The molecule has 0 saturated carbocycles. The molecule has 2 aliphatic rings. The predicted octanol–water partition coefficient (Wildman–Crippen LogP) is 2.76. The van der Waals surface area contributed by atoms with Gasteiger partial charge in [-0.05, 0) is 37.3 Å². The second kappa shape index (κ2) is 5.13. The molecule has 20 heavy (non-hydrogen) atoms. The molecule has 2 heterocycles. The Bertz CT molecular complexity index is 676. The van der Waals surface area contributed by atoms with Gasteiger partial charge in [0.25, 0.3) is 0 Å². The number of rotatable bonds is 1. The van der Waals surface area contributed by atoms with Crippen molar-refractivity contribution in [3.8, 4) is 0 Å². The minimum atomic E-state index is -0.0745. The van der Waals surface area contributed by atoms with Crippen LogP contribution >= 0.6 is 15.9 Å². The van der Waals surface area contributed by atoms with E-state index in [0.29, 0.717) is 5.71 Å². The molecule has 0 spiro atoms. The molecule has 3 rings (SSSR count). The third-order valence-corrected chi connectivity index (χ3v) is 3.51. The molecule has 0 radical (unpaired) electrons. The highest BCUT2D eigenvalue weighted by atomic mass is 79.9. The Balaban J connectivity index is 2.03. The van der Waals surface area contributed by atoms with E-state index < -0.39 is 0 Å². The first-order chi connectivity index (χ1) is 9.61. The summed E-state index contributed by atoms with van der Waals surface area (Å²) in [7, 11) is 0. The maximum absolute atomic E-state index is 12.0. The Hall–Kier alpha value is -2.08. The molecule has 3 N–H and O–H groups in total.